The van der Waals surface area contributed by atoms with Crippen LogP contribution in [0, 0.1) is 0 Å². The lowest BCUT2D eigenvalue weighted by molar-refractivity contribution is -0.122. The minimum atomic E-state index is 0.0544. The predicted octanol–water partition coefficient (Wildman–Crippen LogP) is 2.21. The van der Waals surface area contributed by atoms with Crippen molar-refractivity contribution < 1.29 is 14.3 Å². The lowest BCUT2D eigenvalue weighted by atomic mass is 10.1. The van der Waals surface area contributed by atoms with Crippen molar-refractivity contribution in [2.75, 3.05) is 19.9 Å². The number of fused-ring (bicyclic) bond motifs is 1. The van der Waals surface area contributed by atoms with Crippen LogP contribution in [-0.4, -0.2) is 35.3 Å². The van der Waals surface area contributed by atoms with E-state index in [0.29, 0.717) is 19.1 Å². The first kappa shape index (κ1) is 16.0. The molecule has 0 saturated carbocycles. The third-order valence-corrected chi connectivity index (χ3v) is 4.96. The molecule has 6 heteroatoms. The maximum atomic E-state index is 12.4. The summed E-state index contributed by atoms with van der Waals surface area (Å²) in [6, 6.07) is 10.3. The largest absolute Gasteiger partial charge is 0.454 e. The Morgan fingerprint density at radius 2 is 2.16 bits per heavy atom. The molecule has 25 heavy (non-hydrogen) atoms. The second-order valence-electron chi connectivity index (χ2n) is 6.64. The van der Waals surface area contributed by atoms with Gasteiger partial charge in [0.05, 0.1) is 12.6 Å². The number of benzene rings is 1. The average molecular weight is 341 g/mol. The van der Waals surface area contributed by atoms with E-state index in [4.69, 9.17) is 9.47 Å². The molecule has 1 saturated heterocycles. The van der Waals surface area contributed by atoms with Crippen molar-refractivity contribution in [1.82, 2.24) is 14.8 Å². The summed E-state index contributed by atoms with van der Waals surface area (Å²) in [5.74, 6) is 1.56. The molecule has 1 aromatic heterocycles. The minimum absolute atomic E-state index is 0.0544. The van der Waals surface area contributed by atoms with Gasteiger partial charge < -0.3 is 19.4 Å². The van der Waals surface area contributed by atoms with Gasteiger partial charge in [0.25, 0.3) is 0 Å². The number of amides is 1. The molecular formula is C19H23N3O3. The second kappa shape index (κ2) is 6.80. The molecule has 1 amide bonds. The van der Waals surface area contributed by atoms with E-state index in [-0.39, 0.29) is 12.7 Å². The Labute approximate surface area is 147 Å². The molecule has 132 valence electrons. The summed E-state index contributed by atoms with van der Waals surface area (Å²) in [7, 11) is 2.06. The lowest BCUT2D eigenvalue weighted by Gasteiger charge is -2.24. The topological polar surface area (TPSA) is 55.7 Å². The monoisotopic (exact) mass is 341 g/mol. The first-order chi connectivity index (χ1) is 12.2. The van der Waals surface area contributed by atoms with Crippen LogP contribution < -0.4 is 14.8 Å². The van der Waals surface area contributed by atoms with Crippen LogP contribution >= 0.6 is 0 Å². The summed E-state index contributed by atoms with van der Waals surface area (Å²) >= 11 is 0. The molecule has 1 fully saturated rings. The molecule has 3 heterocycles. The number of aryl methyl sites for hydroxylation is 1. The standard InChI is InChI=1S/C19H23N3O3/c1-21-8-2-4-15(21)16-5-3-9-22(16)12-19(23)20-11-14-6-7-17-18(10-14)25-13-24-17/h2,4,6-8,10,16H,3,5,9,11-13H2,1H3,(H,20,23)/t16-/m1/s1. The number of hydrogen-bond acceptors (Lipinski definition) is 4. The number of hydrogen-bond donors (Lipinski definition) is 1. The molecule has 2 aliphatic heterocycles. The number of carbonyl (C=O) groups is 1. The van der Waals surface area contributed by atoms with E-state index >= 15 is 0 Å². The van der Waals surface area contributed by atoms with Gasteiger partial charge >= 0.3 is 0 Å². The summed E-state index contributed by atoms with van der Waals surface area (Å²) in [5.41, 5.74) is 2.29. The highest BCUT2D eigenvalue weighted by atomic mass is 16.7. The highest BCUT2D eigenvalue weighted by Crippen LogP contribution is 2.33. The maximum absolute atomic E-state index is 12.4. The van der Waals surface area contributed by atoms with Gasteiger partial charge in [-0.25, -0.2) is 0 Å². The van der Waals surface area contributed by atoms with Crippen LogP contribution in [0.3, 0.4) is 0 Å². The number of nitrogens with one attached hydrogen (secondary N) is 1. The summed E-state index contributed by atoms with van der Waals surface area (Å²) in [6.07, 6.45) is 4.30. The fourth-order valence-corrected chi connectivity index (χ4v) is 3.66. The van der Waals surface area contributed by atoms with Gasteiger partial charge in [-0.3, -0.25) is 9.69 Å². The van der Waals surface area contributed by atoms with Crippen molar-refractivity contribution in [1.29, 1.82) is 0 Å². The van der Waals surface area contributed by atoms with E-state index in [1.54, 1.807) is 0 Å². The first-order valence-electron chi connectivity index (χ1n) is 8.71. The molecule has 0 bridgehead atoms. The van der Waals surface area contributed by atoms with Gasteiger partial charge in [0.2, 0.25) is 12.7 Å². The van der Waals surface area contributed by atoms with Crippen LogP contribution in [0.25, 0.3) is 0 Å². The van der Waals surface area contributed by atoms with Gasteiger partial charge in [-0.05, 0) is 49.2 Å². The summed E-state index contributed by atoms with van der Waals surface area (Å²) < 4.78 is 12.8. The predicted molar refractivity (Wildman–Crippen MR) is 93.4 cm³/mol. The molecule has 2 aliphatic rings. The zero-order valence-electron chi connectivity index (χ0n) is 14.4. The van der Waals surface area contributed by atoms with E-state index in [9.17, 15) is 4.79 Å². The van der Waals surface area contributed by atoms with Crippen molar-refractivity contribution in [3.63, 3.8) is 0 Å². The molecule has 1 N–H and O–H groups in total. The minimum Gasteiger partial charge on any atom is -0.454 e. The van der Waals surface area contributed by atoms with Crippen LogP contribution in [0.1, 0.15) is 30.1 Å². The molecule has 0 aliphatic carbocycles. The number of carbonyl (C=O) groups excluding carboxylic acids is 1. The quantitative estimate of drug-likeness (QED) is 0.906. The van der Waals surface area contributed by atoms with Gasteiger partial charge in [0, 0.05) is 25.5 Å². The lowest BCUT2D eigenvalue weighted by Crippen LogP contribution is -2.37. The van der Waals surface area contributed by atoms with Gasteiger partial charge in [-0.1, -0.05) is 6.07 Å². The van der Waals surface area contributed by atoms with E-state index in [2.05, 4.69) is 40.2 Å². The Balaban J connectivity index is 1.33. The number of rotatable bonds is 5. The normalized spacial score (nSPS) is 19.3. The third-order valence-electron chi connectivity index (χ3n) is 4.96. The Kier molecular flexibility index (Phi) is 4.36. The van der Waals surface area contributed by atoms with Crippen molar-refractivity contribution >= 4 is 5.91 Å². The zero-order chi connectivity index (χ0) is 17.2. The molecule has 4 rings (SSSR count). The Morgan fingerprint density at radius 3 is 3.00 bits per heavy atom. The molecule has 1 aromatic carbocycles. The van der Waals surface area contributed by atoms with Crippen LogP contribution in [0.15, 0.2) is 36.5 Å². The van der Waals surface area contributed by atoms with Gasteiger partial charge in [-0.2, -0.15) is 0 Å². The van der Waals surface area contributed by atoms with Crippen molar-refractivity contribution in [2.24, 2.45) is 7.05 Å². The third kappa shape index (κ3) is 3.35. The van der Waals surface area contributed by atoms with E-state index in [1.165, 1.54) is 5.69 Å². The fraction of sp³-hybridized carbons (Fsp3) is 0.421. The average Bonchev–Trinajstić information content (AvgIpc) is 3.33. The van der Waals surface area contributed by atoms with Crippen molar-refractivity contribution in [3.8, 4) is 11.5 Å². The zero-order valence-corrected chi connectivity index (χ0v) is 14.4. The van der Waals surface area contributed by atoms with Crippen molar-refractivity contribution in [3.05, 3.63) is 47.8 Å². The maximum Gasteiger partial charge on any atom is 0.234 e. The highest BCUT2D eigenvalue weighted by Gasteiger charge is 2.28. The van der Waals surface area contributed by atoms with Crippen LogP contribution in [0.4, 0.5) is 0 Å². The number of likely N-dealkylation sites (tertiary alicyclic amines) is 1. The Morgan fingerprint density at radius 1 is 1.28 bits per heavy atom. The van der Waals surface area contributed by atoms with Crippen LogP contribution in [0.5, 0.6) is 11.5 Å². The summed E-state index contributed by atoms with van der Waals surface area (Å²) in [6.45, 7) is 2.16. The van der Waals surface area contributed by atoms with E-state index in [1.807, 2.05) is 18.2 Å². The van der Waals surface area contributed by atoms with Gasteiger partial charge in [-0.15, -0.1) is 0 Å². The van der Waals surface area contributed by atoms with Gasteiger partial charge in [0.1, 0.15) is 0 Å². The Hall–Kier alpha value is -2.47. The van der Waals surface area contributed by atoms with Crippen LogP contribution in [-0.2, 0) is 18.4 Å². The van der Waals surface area contributed by atoms with Crippen molar-refractivity contribution in [2.45, 2.75) is 25.4 Å². The SMILES string of the molecule is Cn1cccc1[C@H]1CCCN1CC(=O)NCc1ccc2c(c1)OCO2. The molecule has 1 atom stereocenters. The molecule has 6 nitrogen and oxygen atoms in total. The summed E-state index contributed by atoms with van der Waals surface area (Å²) in [4.78, 5) is 14.7. The fourth-order valence-electron chi connectivity index (χ4n) is 3.66. The first-order valence-corrected chi connectivity index (χ1v) is 8.71. The highest BCUT2D eigenvalue weighted by molar-refractivity contribution is 5.78. The summed E-state index contributed by atoms with van der Waals surface area (Å²) in [5, 5.41) is 3.01. The van der Waals surface area contributed by atoms with E-state index < -0.39 is 0 Å². The van der Waals surface area contributed by atoms with Crippen LogP contribution in [0.2, 0.25) is 0 Å². The van der Waals surface area contributed by atoms with E-state index in [0.717, 1.165) is 36.4 Å². The molecular weight excluding hydrogens is 318 g/mol. The number of nitrogens with zero attached hydrogens (tertiary/aromatic N) is 2. The second-order valence-corrected chi connectivity index (χ2v) is 6.64. The smallest absolute Gasteiger partial charge is 0.234 e. The van der Waals surface area contributed by atoms with Gasteiger partial charge in [0.15, 0.2) is 11.5 Å². The number of aromatic nitrogens is 1. The Bertz CT molecular complexity index is 771. The molecule has 0 unspecified atom stereocenters. The molecule has 2 aromatic rings. The molecule has 0 spiro atoms. The molecule has 0 radical (unpaired) electrons. The number of ether oxygens (including phenoxy) is 2.